The van der Waals surface area contributed by atoms with Crippen molar-refractivity contribution < 1.29 is 35.9 Å². The van der Waals surface area contributed by atoms with Crippen molar-refractivity contribution in [3.05, 3.63) is 76.7 Å². The van der Waals surface area contributed by atoms with Gasteiger partial charge in [-0.2, -0.15) is 13.2 Å². The molecule has 2 aliphatic heterocycles. The minimum atomic E-state index is -4.46. The summed E-state index contributed by atoms with van der Waals surface area (Å²) in [7, 11) is -1.52. The third kappa shape index (κ3) is 9.04. The van der Waals surface area contributed by atoms with Gasteiger partial charge < -0.3 is 19.9 Å². The number of carbonyl (C=O) groups excluding carboxylic acids is 2. The lowest BCUT2D eigenvalue weighted by Gasteiger charge is -2.29. The molecule has 43 heavy (non-hydrogen) atoms. The molecule has 1 unspecified atom stereocenters. The SMILES string of the molecule is C=CS(=O)(=O)NC[C@H]1CCN(C(=O)c2ccc(OCC3CCCN(C)C3)c(C(=O)NCc3ccc(C(F)(F)F)cc3)c2)C1. The molecule has 13 heteroatoms. The molecule has 2 aliphatic rings. The molecule has 0 aliphatic carbocycles. The van der Waals surface area contributed by atoms with E-state index in [1.807, 2.05) is 7.05 Å². The third-order valence-electron chi connectivity index (χ3n) is 7.77. The molecule has 2 N–H and O–H groups in total. The average Bonchev–Trinajstić information content (AvgIpc) is 3.46. The number of ether oxygens (including phenoxy) is 1. The van der Waals surface area contributed by atoms with Gasteiger partial charge in [0.25, 0.3) is 11.8 Å². The molecule has 2 aromatic carbocycles. The maximum absolute atomic E-state index is 13.4. The normalized spacial score (nSPS) is 19.7. The Morgan fingerprint density at radius 1 is 1.07 bits per heavy atom. The Kier molecular flexibility index (Phi) is 10.5. The molecule has 2 amide bonds. The summed E-state index contributed by atoms with van der Waals surface area (Å²) in [6, 6.07) is 9.20. The molecule has 2 atom stereocenters. The summed E-state index contributed by atoms with van der Waals surface area (Å²) in [4.78, 5) is 30.6. The summed E-state index contributed by atoms with van der Waals surface area (Å²) in [5.74, 6) is -0.299. The molecule has 2 aromatic rings. The van der Waals surface area contributed by atoms with Crippen LogP contribution in [-0.4, -0.2) is 76.4 Å². The van der Waals surface area contributed by atoms with Crippen LogP contribution >= 0.6 is 0 Å². The van der Waals surface area contributed by atoms with Crippen LogP contribution in [0.5, 0.6) is 5.75 Å². The second-order valence-electron chi connectivity index (χ2n) is 11.1. The van der Waals surface area contributed by atoms with Crippen LogP contribution in [0.3, 0.4) is 0 Å². The highest BCUT2D eigenvalue weighted by Gasteiger charge is 2.30. The van der Waals surface area contributed by atoms with Crippen LogP contribution in [0.15, 0.2) is 54.5 Å². The summed E-state index contributed by atoms with van der Waals surface area (Å²) in [5.41, 5.74) is 0.129. The number of nitrogens with one attached hydrogen (secondary N) is 2. The fourth-order valence-electron chi connectivity index (χ4n) is 5.33. The largest absolute Gasteiger partial charge is 0.492 e. The molecule has 2 heterocycles. The Morgan fingerprint density at radius 3 is 2.49 bits per heavy atom. The molecule has 0 bridgehead atoms. The monoisotopic (exact) mass is 622 g/mol. The van der Waals surface area contributed by atoms with E-state index in [1.54, 1.807) is 17.0 Å². The Bertz CT molecular complexity index is 1420. The van der Waals surface area contributed by atoms with E-state index < -0.39 is 27.7 Å². The zero-order valence-electron chi connectivity index (χ0n) is 24.0. The Balaban J connectivity index is 1.47. The molecule has 0 aromatic heterocycles. The number of likely N-dealkylation sites (tertiary alicyclic amines) is 2. The zero-order chi connectivity index (χ0) is 31.2. The Labute approximate surface area is 250 Å². The van der Waals surface area contributed by atoms with E-state index in [0.29, 0.717) is 37.4 Å². The van der Waals surface area contributed by atoms with Crippen molar-refractivity contribution in [2.45, 2.75) is 32.0 Å². The minimum absolute atomic E-state index is 0.0174. The van der Waals surface area contributed by atoms with Gasteiger partial charge in [-0.25, -0.2) is 13.1 Å². The van der Waals surface area contributed by atoms with Gasteiger partial charge in [0, 0.05) is 49.6 Å². The number of sulfonamides is 1. The number of halogens is 3. The molecule has 0 spiro atoms. The van der Waals surface area contributed by atoms with Gasteiger partial charge in [0.05, 0.1) is 17.7 Å². The first-order chi connectivity index (χ1) is 20.3. The van der Waals surface area contributed by atoms with Gasteiger partial charge in [0.1, 0.15) is 5.75 Å². The Hall–Kier alpha value is -3.42. The summed E-state index contributed by atoms with van der Waals surface area (Å²) in [6.45, 7) is 6.49. The molecule has 234 valence electrons. The van der Waals surface area contributed by atoms with E-state index in [2.05, 4.69) is 21.5 Å². The highest BCUT2D eigenvalue weighted by Crippen LogP contribution is 2.29. The summed E-state index contributed by atoms with van der Waals surface area (Å²) < 4.78 is 70.7. The fraction of sp³-hybridized carbons (Fsp3) is 0.467. The lowest BCUT2D eigenvalue weighted by Crippen LogP contribution is -2.35. The summed E-state index contributed by atoms with van der Waals surface area (Å²) in [5, 5.41) is 3.57. The minimum Gasteiger partial charge on any atom is -0.492 e. The third-order valence-corrected chi connectivity index (χ3v) is 8.78. The molecular formula is C30H37F3N4O5S. The maximum Gasteiger partial charge on any atom is 0.416 e. The second-order valence-corrected chi connectivity index (χ2v) is 12.8. The smallest absolute Gasteiger partial charge is 0.416 e. The van der Waals surface area contributed by atoms with E-state index in [4.69, 9.17) is 4.74 Å². The van der Waals surface area contributed by atoms with Gasteiger partial charge in [0.15, 0.2) is 0 Å². The number of hydrogen-bond acceptors (Lipinski definition) is 6. The molecular weight excluding hydrogens is 585 g/mol. The standard InChI is InChI=1S/C30H37F3N4O5S/c1-3-43(40,41)35-17-22-12-14-37(19-22)29(39)24-8-11-27(42-20-23-5-4-13-36(2)18-23)26(15-24)28(38)34-16-21-6-9-25(10-7-21)30(31,32)33/h3,6-11,15,22-23,35H,1,4-5,12-14,16-20H2,2H3,(H,34,38)/t22-,23?/m1/s1. The lowest BCUT2D eigenvalue weighted by molar-refractivity contribution is -0.137. The van der Waals surface area contributed by atoms with Crippen LogP contribution in [0.1, 0.15) is 51.1 Å². The van der Waals surface area contributed by atoms with Crippen LogP contribution in [0.4, 0.5) is 13.2 Å². The number of nitrogens with zero attached hydrogens (tertiary/aromatic N) is 2. The zero-order valence-corrected chi connectivity index (χ0v) is 24.8. The number of piperidine rings is 1. The maximum atomic E-state index is 13.4. The van der Waals surface area contributed by atoms with Gasteiger partial charge in [-0.3, -0.25) is 9.59 Å². The van der Waals surface area contributed by atoms with Gasteiger partial charge in [0.2, 0.25) is 10.0 Å². The second kappa shape index (κ2) is 13.9. The topological polar surface area (TPSA) is 108 Å². The van der Waals surface area contributed by atoms with E-state index >= 15 is 0 Å². The summed E-state index contributed by atoms with van der Waals surface area (Å²) >= 11 is 0. The molecule has 4 rings (SSSR count). The first kappa shape index (κ1) is 32.5. The number of carbonyl (C=O) groups is 2. The molecule has 2 saturated heterocycles. The number of rotatable bonds is 11. The number of alkyl halides is 3. The predicted octanol–water partition coefficient (Wildman–Crippen LogP) is 3.88. The molecule has 9 nitrogen and oxygen atoms in total. The van der Waals surface area contributed by atoms with Crippen LogP contribution < -0.4 is 14.8 Å². The molecule has 0 radical (unpaired) electrons. The van der Waals surface area contributed by atoms with Crippen LogP contribution in [-0.2, 0) is 22.7 Å². The van der Waals surface area contributed by atoms with Crippen LogP contribution in [0.25, 0.3) is 0 Å². The van der Waals surface area contributed by atoms with Crippen molar-refractivity contribution in [3.63, 3.8) is 0 Å². The van der Waals surface area contributed by atoms with E-state index in [-0.39, 0.29) is 42.0 Å². The summed E-state index contributed by atoms with van der Waals surface area (Å²) in [6.07, 6.45) is -1.80. The van der Waals surface area contributed by atoms with Crippen LogP contribution in [0.2, 0.25) is 0 Å². The van der Waals surface area contributed by atoms with E-state index in [0.717, 1.165) is 43.5 Å². The Morgan fingerprint density at radius 2 is 1.81 bits per heavy atom. The van der Waals surface area contributed by atoms with E-state index in [1.165, 1.54) is 18.2 Å². The highest BCUT2D eigenvalue weighted by molar-refractivity contribution is 7.92. The van der Waals surface area contributed by atoms with Crippen molar-refractivity contribution in [1.82, 2.24) is 19.8 Å². The lowest BCUT2D eigenvalue weighted by atomic mass is 9.99. The van der Waals surface area contributed by atoms with Crippen molar-refractivity contribution >= 4 is 21.8 Å². The highest BCUT2D eigenvalue weighted by atomic mass is 32.2. The molecule has 0 saturated carbocycles. The van der Waals surface area contributed by atoms with E-state index in [9.17, 15) is 31.2 Å². The van der Waals surface area contributed by atoms with Gasteiger partial charge in [-0.1, -0.05) is 18.7 Å². The quantitative estimate of drug-likeness (QED) is 0.394. The van der Waals surface area contributed by atoms with Gasteiger partial charge in [-0.15, -0.1) is 0 Å². The van der Waals surface area contributed by atoms with Crippen molar-refractivity contribution in [1.29, 1.82) is 0 Å². The van der Waals surface area contributed by atoms with Crippen molar-refractivity contribution in [3.8, 4) is 5.75 Å². The van der Waals surface area contributed by atoms with Crippen molar-refractivity contribution in [2.75, 3.05) is 46.4 Å². The first-order valence-corrected chi connectivity index (χ1v) is 15.7. The van der Waals surface area contributed by atoms with Gasteiger partial charge in [-0.05, 0) is 74.7 Å². The van der Waals surface area contributed by atoms with Gasteiger partial charge >= 0.3 is 6.18 Å². The average molecular weight is 623 g/mol. The fourth-order valence-corrected chi connectivity index (χ4v) is 5.92. The number of amides is 2. The number of benzene rings is 2. The number of hydrogen-bond donors (Lipinski definition) is 2. The van der Waals surface area contributed by atoms with Crippen LogP contribution in [0, 0.1) is 11.8 Å². The molecule has 2 fully saturated rings. The van der Waals surface area contributed by atoms with Crippen molar-refractivity contribution in [2.24, 2.45) is 11.8 Å². The first-order valence-electron chi connectivity index (χ1n) is 14.2. The predicted molar refractivity (Wildman–Crippen MR) is 156 cm³/mol.